The van der Waals surface area contributed by atoms with E-state index in [2.05, 4.69) is 91.8 Å². The SMILES string of the molecule is CC(C)c1cccc(C(C)C)c1-n1c(C(=O)[O-])[n+](-c2c(C(C)C)cccc2C(C)C)c2ccccc21. The number of nitrogens with zero attached hydrogens (tertiary/aromatic N) is 2. The van der Waals surface area contributed by atoms with Crippen molar-refractivity contribution in [3.05, 3.63) is 88.7 Å². The Kier molecular flexibility index (Phi) is 7.08. The maximum absolute atomic E-state index is 13.1. The molecule has 0 aliphatic carbocycles. The van der Waals surface area contributed by atoms with E-state index < -0.39 is 5.97 Å². The second-order valence-corrected chi connectivity index (χ2v) is 11.0. The third kappa shape index (κ3) is 4.23. The van der Waals surface area contributed by atoms with Crippen LogP contribution in [0.1, 0.15) is 112 Å². The van der Waals surface area contributed by atoms with Gasteiger partial charge in [0.25, 0.3) is 0 Å². The highest BCUT2D eigenvalue weighted by Crippen LogP contribution is 2.36. The highest BCUT2D eigenvalue weighted by molar-refractivity contribution is 5.88. The number of carboxylic acid groups (broad SMARTS) is 1. The highest BCUT2D eigenvalue weighted by atomic mass is 16.4. The van der Waals surface area contributed by atoms with Crippen LogP contribution in [-0.4, -0.2) is 10.5 Å². The van der Waals surface area contributed by atoms with E-state index in [1.54, 1.807) is 0 Å². The van der Waals surface area contributed by atoms with Crippen LogP contribution < -0.4 is 9.67 Å². The number of carbonyl (C=O) groups is 1. The van der Waals surface area contributed by atoms with Crippen molar-refractivity contribution in [2.45, 2.75) is 79.1 Å². The number of para-hydroxylation sites is 4. The minimum absolute atomic E-state index is 0.154. The summed E-state index contributed by atoms with van der Waals surface area (Å²) in [5.41, 5.74) is 8.11. The average molecular weight is 483 g/mol. The molecule has 0 atom stereocenters. The molecule has 1 heterocycles. The molecule has 0 amide bonds. The Morgan fingerprint density at radius 1 is 0.667 bits per heavy atom. The maximum atomic E-state index is 13.1. The van der Waals surface area contributed by atoms with Crippen molar-refractivity contribution < 1.29 is 14.5 Å². The molecule has 0 aliphatic rings. The van der Waals surface area contributed by atoms with Crippen molar-refractivity contribution in [1.82, 2.24) is 4.57 Å². The van der Waals surface area contributed by atoms with Crippen LogP contribution in [0.2, 0.25) is 0 Å². The summed E-state index contributed by atoms with van der Waals surface area (Å²) in [6.07, 6.45) is 0. The summed E-state index contributed by atoms with van der Waals surface area (Å²) in [4.78, 5) is 13.1. The summed E-state index contributed by atoms with van der Waals surface area (Å²) in [6.45, 7) is 17.3. The smallest absolute Gasteiger partial charge is 0.316 e. The van der Waals surface area contributed by atoms with Crippen LogP contribution in [0.5, 0.6) is 0 Å². The molecule has 4 nitrogen and oxygen atoms in total. The molecule has 4 rings (SSSR count). The van der Waals surface area contributed by atoms with Gasteiger partial charge in [-0.1, -0.05) is 104 Å². The molecule has 0 radical (unpaired) electrons. The quantitative estimate of drug-likeness (QED) is 0.273. The molecule has 0 saturated heterocycles. The average Bonchev–Trinajstić information content (AvgIpc) is 3.17. The first-order chi connectivity index (χ1) is 17.1. The minimum atomic E-state index is -1.19. The molecule has 0 bridgehead atoms. The number of hydrogen-bond donors (Lipinski definition) is 0. The number of fused-ring (bicyclic) bond motifs is 1. The Labute approximate surface area is 215 Å². The van der Waals surface area contributed by atoms with Gasteiger partial charge in [0.2, 0.25) is 0 Å². The van der Waals surface area contributed by atoms with Crippen LogP contribution >= 0.6 is 0 Å². The van der Waals surface area contributed by atoms with Gasteiger partial charge < -0.3 is 9.90 Å². The molecule has 0 aliphatic heterocycles. The van der Waals surface area contributed by atoms with Gasteiger partial charge in [-0.25, -0.2) is 0 Å². The van der Waals surface area contributed by atoms with Gasteiger partial charge in [0.1, 0.15) is 11.4 Å². The van der Waals surface area contributed by atoms with Gasteiger partial charge in [-0.05, 0) is 35.8 Å². The standard InChI is InChI=1S/C32H38N2O2/c1-19(2)23-13-11-14-24(20(3)4)29(23)33-27-17-9-10-18-28(27)34(31(33)32(35)36)30-25(21(5)6)15-12-16-26(30)22(7)8/h9-22H,1-8H3. The Bertz CT molecular complexity index is 1270. The Morgan fingerprint density at radius 3 is 1.56 bits per heavy atom. The topological polar surface area (TPSA) is 48.9 Å². The van der Waals surface area contributed by atoms with Gasteiger partial charge in [0.05, 0.1) is 0 Å². The molecular formula is C32H38N2O2. The lowest BCUT2D eigenvalue weighted by molar-refractivity contribution is -0.575. The van der Waals surface area contributed by atoms with Gasteiger partial charge in [-0.3, -0.25) is 0 Å². The third-order valence-corrected chi connectivity index (χ3v) is 7.10. The zero-order chi connectivity index (χ0) is 26.3. The predicted molar refractivity (Wildman–Crippen MR) is 145 cm³/mol. The van der Waals surface area contributed by atoms with E-state index in [1.165, 1.54) is 0 Å². The second kappa shape index (κ2) is 9.93. The van der Waals surface area contributed by atoms with E-state index in [0.717, 1.165) is 44.7 Å². The number of carbonyl (C=O) groups excluding carboxylic acids is 1. The zero-order valence-electron chi connectivity index (χ0n) is 22.8. The minimum Gasteiger partial charge on any atom is -0.538 e. The summed E-state index contributed by atoms with van der Waals surface area (Å²) in [7, 11) is 0. The lowest BCUT2D eigenvalue weighted by atomic mass is 9.92. The Hall–Kier alpha value is -3.40. The van der Waals surface area contributed by atoms with Gasteiger partial charge in [0, 0.05) is 22.3 Å². The number of imidazole rings is 1. The van der Waals surface area contributed by atoms with E-state index in [0.29, 0.717) is 0 Å². The number of carboxylic acids is 1. The first-order valence-electron chi connectivity index (χ1n) is 13.1. The maximum Gasteiger partial charge on any atom is 0.316 e. The van der Waals surface area contributed by atoms with Gasteiger partial charge in [-0.2, -0.15) is 9.13 Å². The van der Waals surface area contributed by atoms with Crippen molar-refractivity contribution in [3.63, 3.8) is 0 Å². The van der Waals surface area contributed by atoms with Crippen molar-refractivity contribution in [2.75, 3.05) is 0 Å². The van der Waals surface area contributed by atoms with Crippen LogP contribution in [0, 0.1) is 0 Å². The van der Waals surface area contributed by atoms with E-state index in [4.69, 9.17) is 0 Å². The normalized spacial score (nSPS) is 12.0. The monoisotopic (exact) mass is 482 g/mol. The highest BCUT2D eigenvalue weighted by Gasteiger charge is 2.34. The summed E-state index contributed by atoms with van der Waals surface area (Å²) < 4.78 is 3.88. The number of rotatable bonds is 7. The number of aromatic carboxylic acids is 1. The van der Waals surface area contributed by atoms with Gasteiger partial charge in [-0.15, -0.1) is 0 Å². The van der Waals surface area contributed by atoms with E-state index in [1.807, 2.05) is 33.4 Å². The first kappa shape index (κ1) is 25.7. The molecule has 0 spiro atoms. The van der Waals surface area contributed by atoms with Crippen molar-refractivity contribution >= 4 is 17.0 Å². The van der Waals surface area contributed by atoms with Crippen molar-refractivity contribution in [1.29, 1.82) is 0 Å². The van der Waals surface area contributed by atoms with Crippen LogP contribution in [0.15, 0.2) is 60.7 Å². The molecule has 0 unspecified atom stereocenters. The van der Waals surface area contributed by atoms with Crippen LogP contribution in [0.4, 0.5) is 0 Å². The van der Waals surface area contributed by atoms with Gasteiger partial charge in [0.15, 0.2) is 17.0 Å². The molecule has 3 aromatic carbocycles. The summed E-state index contributed by atoms with van der Waals surface area (Å²) >= 11 is 0. The van der Waals surface area contributed by atoms with Crippen LogP contribution in [-0.2, 0) is 0 Å². The van der Waals surface area contributed by atoms with Crippen molar-refractivity contribution in [3.8, 4) is 11.4 Å². The molecule has 1 aromatic heterocycles. The molecular weight excluding hydrogens is 444 g/mol. The molecule has 4 heteroatoms. The largest absolute Gasteiger partial charge is 0.538 e. The first-order valence-corrected chi connectivity index (χ1v) is 13.1. The number of hydrogen-bond acceptors (Lipinski definition) is 2. The van der Waals surface area contributed by atoms with Crippen LogP contribution in [0.25, 0.3) is 22.4 Å². The number of aromatic nitrogens is 2. The molecule has 0 fully saturated rings. The molecule has 188 valence electrons. The fraction of sp³-hybridized carbons (Fsp3) is 0.375. The second-order valence-electron chi connectivity index (χ2n) is 11.0. The zero-order valence-corrected chi connectivity index (χ0v) is 22.8. The van der Waals surface area contributed by atoms with E-state index in [9.17, 15) is 9.90 Å². The fourth-order valence-corrected chi connectivity index (χ4v) is 5.35. The van der Waals surface area contributed by atoms with Crippen LogP contribution in [0.3, 0.4) is 0 Å². The summed E-state index contributed by atoms with van der Waals surface area (Å²) in [5, 5.41) is 13.1. The van der Waals surface area contributed by atoms with Crippen molar-refractivity contribution in [2.24, 2.45) is 0 Å². The van der Waals surface area contributed by atoms with Gasteiger partial charge >= 0.3 is 5.82 Å². The van der Waals surface area contributed by atoms with E-state index in [-0.39, 0.29) is 29.5 Å². The lowest BCUT2D eigenvalue weighted by Gasteiger charge is -2.20. The molecule has 4 aromatic rings. The Morgan fingerprint density at radius 2 is 1.11 bits per heavy atom. The predicted octanol–water partition coefficient (Wildman–Crippen LogP) is 6.76. The molecule has 36 heavy (non-hydrogen) atoms. The fourth-order valence-electron chi connectivity index (χ4n) is 5.35. The Balaban J connectivity index is 2.30. The van der Waals surface area contributed by atoms with E-state index >= 15 is 0 Å². The lowest BCUT2D eigenvalue weighted by Crippen LogP contribution is -2.44. The number of benzene rings is 3. The molecule has 0 saturated carbocycles. The summed E-state index contributed by atoms with van der Waals surface area (Å²) in [5.74, 6) is -0.155. The third-order valence-electron chi connectivity index (χ3n) is 7.10. The molecule has 0 N–H and O–H groups in total. The summed E-state index contributed by atoms with van der Waals surface area (Å²) in [6, 6.07) is 20.6.